The second kappa shape index (κ2) is 6.49. The summed E-state index contributed by atoms with van der Waals surface area (Å²) in [4.78, 5) is 27.5. The van der Waals surface area contributed by atoms with Crippen LogP contribution >= 0.6 is 0 Å². The molecule has 0 fully saturated rings. The van der Waals surface area contributed by atoms with Gasteiger partial charge in [0.1, 0.15) is 22.9 Å². The molecule has 8 heteroatoms. The number of carbonyl (C=O) groups is 1. The first kappa shape index (κ1) is 16.6. The average molecular weight is 366 g/mol. The van der Waals surface area contributed by atoms with Crippen LogP contribution in [0.25, 0.3) is 22.2 Å². The van der Waals surface area contributed by atoms with E-state index in [0.29, 0.717) is 16.8 Å². The zero-order chi connectivity index (χ0) is 19.0. The fourth-order valence-corrected chi connectivity index (χ4v) is 2.94. The van der Waals surface area contributed by atoms with E-state index in [2.05, 4.69) is 20.5 Å². The van der Waals surface area contributed by atoms with Crippen LogP contribution in [-0.4, -0.2) is 28.2 Å². The number of rotatable bonds is 4. The van der Waals surface area contributed by atoms with Crippen molar-refractivity contribution in [3.8, 4) is 17.0 Å². The van der Waals surface area contributed by atoms with Crippen molar-refractivity contribution in [2.45, 2.75) is 0 Å². The molecular formula is C19H15FN4O3. The number of benzene rings is 2. The van der Waals surface area contributed by atoms with E-state index in [-0.39, 0.29) is 16.9 Å². The van der Waals surface area contributed by atoms with Crippen LogP contribution in [0.4, 0.5) is 10.1 Å². The van der Waals surface area contributed by atoms with E-state index < -0.39 is 17.3 Å². The molecular weight excluding hydrogens is 351 g/mol. The van der Waals surface area contributed by atoms with Crippen molar-refractivity contribution < 1.29 is 13.9 Å². The Labute approximate surface area is 152 Å². The number of nitrogens with one attached hydrogen (secondary N) is 4. The minimum Gasteiger partial charge on any atom is -0.496 e. The lowest BCUT2D eigenvalue weighted by molar-refractivity contribution is 0.102. The second-order valence-corrected chi connectivity index (χ2v) is 5.87. The molecule has 2 aromatic carbocycles. The maximum absolute atomic E-state index is 14.0. The third-order valence-corrected chi connectivity index (χ3v) is 4.25. The van der Waals surface area contributed by atoms with Gasteiger partial charge in [0.15, 0.2) is 0 Å². The van der Waals surface area contributed by atoms with Gasteiger partial charge in [-0.1, -0.05) is 30.3 Å². The second-order valence-electron chi connectivity index (χ2n) is 5.87. The number of hydrogen-bond donors (Lipinski definition) is 4. The van der Waals surface area contributed by atoms with Gasteiger partial charge in [0, 0.05) is 10.9 Å². The van der Waals surface area contributed by atoms with Crippen molar-refractivity contribution in [2.75, 3.05) is 12.4 Å². The number of halogens is 1. The topological polar surface area (TPSA) is 103 Å². The summed E-state index contributed by atoms with van der Waals surface area (Å²) in [5, 5.41) is 8.24. The first-order chi connectivity index (χ1) is 13.1. The van der Waals surface area contributed by atoms with Crippen LogP contribution in [0.2, 0.25) is 0 Å². The summed E-state index contributed by atoms with van der Waals surface area (Å²) < 4.78 is 19.2. The van der Waals surface area contributed by atoms with Gasteiger partial charge in [0.05, 0.1) is 18.3 Å². The zero-order valence-corrected chi connectivity index (χ0v) is 14.2. The number of aromatic amines is 3. The van der Waals surface area contributed by atoms with E-state index in [1.165, 1.54) is 25.3 Å². The number of anilines is 1. The third kappa shape index (κ3) is 2.86. The van der Waals surface area contributed by atoms with Gasteiger partial charge < -0.3 is 15.0 Å². The number of H-pyrrole nitrogens is 3. The first-order valence-electron chi connectivity index (χ1n) is 8.11. The lowest BCUT2D eigenvalue weighted by Gasteiger charge is -2.04. The van der Waals surface area contributed by atoms with Crippen molar-refractivity contribution in [1.82, 2.24) is 15.2 Å². The number of ether oxygens (including phenoxy) is 1. The predicted octanol–water partition coefficient (Wildman–Crippen LogP) is 3.25. The minimum absolute atomic E-state index is 0.0808. The lowest BCUT2D eigenvalue weighted by atomic mass is 10.1. The quantitative estimate of drug-likeness (QED) is 0.446. The van der Waals surface area contributed by atoms with Crippen LogP contribution in [0.3, 0.4) is 0 Å². The number of methoxy groups -OCH3 is 1. The fourth-order valence-electron chi connectivity index (χ4n) is 2.94. The van der Waals surface area contributed by atoms with Gasteiger partial charge in [-0.25, -0.2) is 4.39 Å². The maximum Gasteiger partial charge on any atom is 0.288 e. The van der Waals surface area contributed by atoms with Gasteiger partial charge in [0.2, 0.25) is 0 Å². The van der Waals surface area contributed by atoms with Gasteiger partial charge >= 0.3 is 0 Å². The van der Waals surface area contributed by atoms with E-state index in [4.69, 9.17) is 4.74 Å². The molecule has 1 amide bonds. The molecule has 27 heavy (non-hydrogen) atoms. The Morgan fingerprint density at radius 3 is 2.63 bits per heavy atom. The number of carbonyl (C=O) groups excluding carboxylic acids is 1. The fraction of sp³-hybridized carbons (Fsp3) is 0.0526. The molecule has 0 atom stereocenters. The van der Waals surface area contributed by atoms with Crippen molar-refractivity contribution >= 4 is 22.5 Å². The Hall–Kier alpha value is -3.81. The van der Waals surface area contributed by atoms with Crippen molar-refractivity contribution in [1.29, 1.82) is 0 Å². The first-order valence-corrected chi connectivity index (χ1v) is 8.11. The smallest absolute Gasteiger partial charge is 0.288 e. The Bertz CT molecular complexity index is 1190. The summed E-state index contributed by atoms with van der Waals surface area (Å²) in [6.45, 7) is 0. The molecule has 0 saturated heterocycles. The zero-order valence-electron chi connectivity index (χ0n) is 14.2. The number of fused-ring (bicyclic) bond motifs is 1. The van der Waals surface area contributed by atoms with E-state index >= 15 is 0 Å². The van der Waals surface area contributed by atoms with Gasteiger partial charge in [0.25, 0.3) is 11.5 Å². The van der Waals surface area contributed by atoms with E-state index in [0.717, 1.165) is 5.56 Å². The molecule has 0 aliphatic carbocycles. The standard InChI is InChI=1S/C19H15FN4O3/c1-27-14-8-7-12(20)16-11(14)9-13(21-16)18(25)22-17-15(23-24-19(17)26)10-5-3-2-4-6-10/h2-9,21H,1H3,(H,22,25)(H2,23,24,26). The summed E-state index contributed by atoms with van der Waals surface area (Å²) in [5.74, 6) is -0.643. The van der Waals surface area contributed by atoms with Crippen molar-refractivity contribution in [3.63, 3.8) is 0 Å². The highest BCUT2D eigenvalue weighted by Crippen LogP contribution is 2.29. The number of aromatic nitrogens is 3. The maximum atomic E-state index is 14.0. The third-order valence-electron chi connectivity index (χ3n) is 4.25. The van der Waals surface area contributed by atoms with Crippen LogP contribution in [0.5, 0.6) is 5.75 Å². The van der Waals surface area contributed by atoms with Gasteiger partial charge in [-0.2, -0.15) is 0 Å². The highest BCUT2D eigenvalue weighted by Gasteiger charge is 2.19. The van der Waals surface area contributed by atoms with Gasteiger partial charge in [-0.3, -0.25) is 19.8 Å². The van der Waals surface area contributed by atoms with Crippen molar-refractivity contribution in [2.24, 2.45) is 0 Å². The highest BCUT2D eigenvalue weighted by atomic mass is 19.1. The summed E-state index contributed by atoms with van der Waals surface area (Å²) in [6.07, 6.45) is 0. The Kier molecular flexibility index (Phi) is 4.00. The van der Waals surface area contributed by atoms with Crippen LogP contribution in [-0.2, 0) is 0 Å². The molecule has 0 radical (unpaired) electrons. The molecule has 0 bridgehead atoms. The van der Waals surface area contributed by atoms with Gasteiger partial charge in [-0.15, -0.1) is 0 Å². The predicted molar refractivity (Wildman–Crippen MR) is 99.6 cm³/mol. The lowest BCUT2D eigenvalue weighted by Crippen LogP contribution is -2.17. The molecule has 2 aromatic heterocycles. The summed E-state index contributed by atoms with van der Waals surface area (Å²) >= 11 is 0. The molecule has 4 aromatic rings. The van der Waals surface area contributed by atoms with E-state index in [1.807, 2.05) is 18.2 Å². The normalized spacial score (nSPS) is 10.9. The molecule has 2 heterocycles. The SMILES string of the molecule is COc1ccc(F)c2[nH]c(C(=O)Nc3c(-c4ccccc4)[nH][nH]c3=O)cc12. The number of hydrogen-bond acceptors (Lipinski definition) is 3. The molecule has 136 valence electrons. The summed E-state index contributed by atoms with van der Waals surface area (Å²) in [6, 6.07) is 13.3. The molecule has 0 saturated carbocycles. The molecule has 0 unspecified atom stereocenters. The summed E-state index contributed by atoms with van der Waals surface area (Å²) in [5.41, 5.74) is 1.06. The monoisotopic (exact) mass is 366 g/mol. The molecule has 0 spiro atoms. The van der Waals surface area contributed by atoms with Crippen LogP contribution < -0.4 is 15.6 Å². The molecule has 0 aliphatic heterocycles. The average Bonchev–Trinajstić information content (AvgIpc) is 3.28. The summed E-state index contributed by atoms with van der Waals surface area (Å²) in [7, 11) is 1.46. The van der Waals surface area contributed by atoms with E-state index in [1.54, 1.807) is 12.1 Å². The minimum atomic E-state index is -0.574. The van der Waals surface area contributed by atoms with Crippen LogP contribution in [0.15, 0.2) is 53.3 Å². The Morgan fingerprint density at radius 1 is 1.11 bits per heavy atom. The number of amides is 1. The largest absolute Gasteiger partial charge is 0.496 e. The van der Waals surface area contributed by atoms with Crippen LogP contribution in [0, 0.1) is 5.82 Å². The van der Waals surface area contributed by atoms with E-state index in [9.17, 15) is 14.0 Å². The Balaban J connectivity index is 1.72. The molecule has 0 aliphatic rings. The molecule has 4 rings (SSSR count). The van der Waals surface area contributed by atoms with Crippen molar-refractivity contribution in [3.05, 3.63) is 70.4 Å². The van der Waals surface area contributed by atoms with Gasteiger partial charge in [-0.05, 0) is 18.2 Å². The molecule has 4 N–H and O–H groups in total. The highest BCUT2D eigenvalue weighted by molar-refractivity contribution is 6.08. The van der Waals surface area contributed by atoms with Crippen LogP contribution in [0.1, 0.15) is 10.5 Å². The molecule has 7 nitrogen and oxygen atoms in total. The Morgan fingerprint density at radius 2 is 1.89 bits per heavy atom.